The molecule has 0 bridgehead atoms. The number of carbonyl (C=O) groups is 2. The zero-order valence-electron chi connectivity index (χ0n) is 33.4. The number of benzene rings is 2. The summed E-state index contributed by atoms with van der Waals surface area (Å²) < 4.78 is 76.0. The van der Waals surface area contributed by atoms with Gasteiger partial charge in [0, 0.05) is 19.1 Å². The molecule has 0 aliphatic carbocycles. The largest absolute Gasteiger partial charge is 0.497 e. The Hall–Kier alpha value is -3.99. The van der Waals surface area contributed by atoms with Gasteiger partial charge in [0.1, 0.15) is 41.0 Å². The molecule has 1 saturated heterocycles. The molecule has 0 saturated carbocycles. The van der Waals surface area contributed by atoms with Crippen LogP contribution in [0.25, 0.3) is 6.08 Å². The lowest BCUT2D eigenvalue weighted by Gasteiger charge is -2.28. The highest BCUT2D eigenvalue weighted by Gasteiger charge is 2.44. The first-order valence-corrected chi connectivity index (χ1v) is 19.9. The lowest BCUT2D eigenvalue weighted by atomic mass is 9.98. The van der Waals surface area contributed by atoms with Crippen molar-refractivity contribution in [2.45, 2.75) is 97.3 Å². The number of esters is 1. The molecule has 2 aliphatic rings. The lowest BCUT2D eigenvalue weighted by Crippen LogP contribution is -2.39. The van der Waals surface area contributed by atoms with Crippen LogP contribution in [-0.4, -0.2) is 96.7 Å². The van der Waals surface area contributed by atoms with Crippen LogP contribution in [0.3, 0.4) is 0 Å². The molecule has 2 aliphatic heterocycles. The second-order valence-electron chi connectivity index (χ2n) is 14.9. The quantitative estimate of drug-likeness (QED) is 0.0976. The molecule has 0 spiro atoms. The molecule has 55 heavy (non-hydrogen) atoms. The third-order valence-corrected chi connectivity index (χ3v) is 9.24. The van der Waals surface area contributed by atoms with Crippen molar-refractivity contribution in [1.29, 1.82) is 0 Å². The van der Waals surface area contributed by atoms with E-state index in [0.29, 0.717) is 18.6 Å². The first kappa shape index (κ1) is 43.7. The van der Waals surface area contributed by atoms with E-state index in [2.05, 4.69) is 0 Å². The molecular formula is C40H55NO13S. The van der Waals surface area contributed by atoms with Gasteiger partial charge in [0.25, 0.3) is 10.1 Å². The first-order chi connectivity index (χ1) is 25.8. The highest BCUT2D eigenvalue weighted by atomic mass is 32.2. The van der Waals surface area contributed by atoms with E-state index in [-0.39, 0.29) is 42.9 Å². The second kappa shape index (κ2) is 18.8. The van der Waals surface area contributed by atoms with Crippen LogP contribution < -0.4 is 14.4 Å². The topological polar surface area (TPSA) is 155 Å². The van der Waals surface area contributed by atoms with E-state index in [4.69, 9.17) is 42.1 Å². The van der Waals surface area contributed by atoms with Crippen molar-refractivity contribution in [3.05, 3.63) is 71.3 Å². The molecule has 15 heteroatoms. The van der Waals surface area contributed by atoms with E-state index < -0.39 is 58.0 Å². The van der Waals surface area contributed by atoms with Crippen LogP contribution in [0.15, 0.2) is 54.6 Å². The van der Waals surface area contributed by atoms with Gasteiger partial charge in [-0.05, 0) is 77.3 Å². The molecule has 2 heterocycles. The standard InChI is InChI=1S/C40H55NO13S/c1-26-14-19-32(48-24-28-15-17-31(47-9)18-16-28)36-33(52-40(6,7)53-36)13-11-12-29-22-30(23-34(49-25-46-8)35(29)37(42)51-27(26)2)41(20-21-50-55(10,44)45)38(43)54-39(3,4)5/h11-12,14-19,22-23,26-27,32-33,36H,13,20-21,24-25H2,1-10H3/t26-,27+,32-,33+,36-/m1/s1. The Kier molecular flexibility index (Phi) is 14.9. The van der Waals surface area contributed by atoms with Crippen molar-refractivity contribution in [1.82, 2.24) is 0 Å². The van der Waals surface area contributed by atoms with E-state index in [9.17, 15) is 18.0 Å². The predicted molar refractivity (Wildman–Crippen MR) is 206 cm³/mol. The van der Waals surface area contributed by atoms with Gasteiger partial charge >= 0.3 is 12.1 Å². The minimum Gasteiger partial charge on any atom is -0.497 e. The Balaban J connectivity index is 1.79. The van der Waals surface area contributed by atoms with Crippen molar-refractivity contribution >= 4 is 33.9 Å². The van der Waals surface area contributed by atoms with Crippen molar-refractivity contribution in [2.24, 2.45) is 5.92 Å². The third-order valence-electron chi connectivity index (χ3n) is 8.64. The maximum Gasteiger partial charge on any atom is 0.414 e. The second-order valence-corrected chi connectivity index (χ2v) is 16.5. The molecule has 0 aromatic heterocycles. The van der Waals surface area contributed by atoms with Gasteiger partial charge in [0.05, 0.1) is 44.9 Å². The number of rotatable bonds is 12. The number of hydrogen-bond donors (Lipinski definition) is 0. The molecule has 2 aromatic carbocycles. The summed E-state index contributed by atoms with van der Waals surface area (Å²) in [6, 6.07) is 10.7. The average molecular weight is 790 g/mol. The Morgan fingerprint density at radius 3 is 2.38 bits per heavy atom. The Morgan fingerprint density at radius 1 is 1.04 bits per heavy atom. The maximum absolute atomic E-state index is 14.1. The Morgan fingerprint density at radius 2 is 1.75 bits per heavy atom. The molecule has 4 rings (SSSR count). The fraction of sp³-hybridized carbons (Fsp3) is 0.550. The van der Waals surface area contributed by atoms with E-state index in [1.165, 1.54) is 18.1 Å². The highest BCUT2D eigenvalue weighted by Crippen LogP contribution is 2.36. The number of cyclic esters (lactones) is 1. The third kappa shape index (κ3) is 13.0. The van der Waals surface area contributed by atoms with Gasteiger partial charge in [-0.2, -0.15) is 8.42 Å². The van der Waals surface area contributed by atoms with Crippen molar-refractivity contribution < 1.29 is 60.1 Å². The van der Waals surface area contributed by atoms with Gasteiger partial charge in [0.2, 0.25) is 0 Å². The van der Waals surface area contributed by atoms with Crippen molar-refractivity contribution in [3.8, 4) is 11.5 Å². The van der Waals surface area contributed by atoms with Gasteiger partial charge in [-0.1, -0.05) is 43.4 Å². The summed E-state index contributed by atoms with van der Waals surface area (Å²) in [7, 11) is -0.769. The predicted octanol–water partition coefficient (Wildman–Crippen LogP) is 6.66. The molecule has 304 valence electrons. The first-order valence-electron chi connectivity index (χ1n) is 18.1. The van der Waals surface area contributed by atoms with Crippen LogP contribution in [0.1, 0.15) is 76.4 Å². The van der Waals surface area contributed by atoms with E-state index in [1.54, 1.807) is 46.9 Å². The minimum absolute atomic E-state index is 0.0653. The number of ether oxygens (including phenoxy) is 8. The van der Waals surface area contributed by atoms with Crippen LogP contribution in [-0.2, 0) is 49.3 Å². The van der Waals surface area contributed by atoms with Crippen LogP contribution in [0.4, 0.5) is 10.5 Å². The molecule has 2 aromatic rings. The SMILES string of the molecule is COCOc1cc(N(CCOS(C)(=O)=O)C(=O)OC(C)(C)C)cc2c1C(=O)O[C@@H](C)[C@H](C)C=C[C@@H](OCc1ccc(OC)cc1)[C@H]1OC(C)(C)O[C@H]1CC=C2. The minimum atomic E-state index is -3.82. The summed E-state index contributed by atoms with van der Waals surface area (Å²) in [5, 5.41) is 0. The number of fused-ring (bicyclic) bond motifs is 2. The zero-order valence-corrected chi connectivity index (χ0v) is 34.2. The fourth-order valence-corrected chi connectivity index (χ4v) is 6.27. The number of amides is 1. The summed E-state index contributed by atoms with van der Waals surface area (Å²) in [5.74, 6) is -1.04. The summed E-state index contributed by atoms with van der Waals surface area (Å²) in [6.07, 6.45) is 5.83. The Bertz CT molecular complexity index is 1780. The van der Waals surface area contributed by atoms with Gasteiger partial charge in [-0.15, -0.1) is 0 Å². The van der Waals surface area contributed by atoms with E-state index in [0.717, 1.165) is 17.6 Å². The van der Waals surface area contributed by atoms with Gasteiger partial charge in [-0.25, -0.2) is 9.59 Å². The molecule has 0 N–H and O–H groups in total. The van der Waals surface area contributed by atoms with Gasteiger partial charge in [0.15, 0.2) is 12.6 Å². The molecule has 0 radical (unpaired) electrons. The van der Waals surface area contributed by atoms with E-state index >= 15 is 0 Å². The molecule has 0 unspecified atom stereocenters. The normalized spacial score (nSPS) is 22.9. The summed E-state index contributed by atoms with van der Waals surface area (Å²) in [5.41, 5.74) is 0.743. The monoisotopic (exact) mass is 789 g/mol. The zero-order chi connectivity index (χ0) is 40.6. The van der Waals surface area contributed by atoms with Crippen molar-refractivity contribution in [3.63, 3.8) is 0 Å². The van der Waals surface area contributed by atoms with E-state index in [1.807, 2.05) is 63.3 Å². The van der Waals surface area contributed by atoms with Crippen molar-refractivity contribution in [2.75, 3.05) is 45.3 Å². The smallest absolute Gasteiger partial charge is 0.414 e. The molecule has 5 atom stereocenters. The number of hydrogen-bond acceptors (Lipinski definition) is 13. The van der Waals surface area contributed by atoms with Gasteiger partial charge < -0.3 is 37.9 Å². The molecule has 1 amide bonds. The highest BCUT2D eigenvalue weighted by molar-refractivity contribution is 7.85. The number of methoxy groups -OCH3 is 2. The fourth-order valence-electron chi connectivity index (χ4n) is 5.89. The van der Waals surface area contributed by atoms with Crippen LogP contribution in [0.2, 0.25) is 0 Å². The molecule has 1 fully saturated rings. The number of nitrogens with zero attached hydrogens (tertiary/aromatic N) is 1. The lowest BCUT2D eigenvalue weighted by molar-refractivity contribution is -0.156. The molecular weight excluding hydrogens is 735 g/mol. The molecule has 14 nitrogen and oxygen atoms in total. The Labute approximate surface area is 324 Å². The van der Waals surface area contributed by atoms with Crippen LogP contribution in [0.5, 0.6) is 11.5 Å². The number of carbonyl (C=O) groups excluding carboxylic acids is 2. The average Bonchev–Trinajstić information content (AvgIpc) is 3.40. The van der Waals surface area contributed by atoms with Crippen LogP contribution >= 0.6 is 0 Å². The summed E-state index contributed by atoms with van der Waals surface area (Å²) in [6.45, 7) is 12.0. The van der Waals surface area contributed by atoms with Crippen LogP contribution in [0, 0.1) is 5.92 Å². The summed E-state index contributed by atoms with van der Waals surface area (Å²) in [4.78, 5) is 28.9. The summed E-state index contributed by atoms with van der Waals surface area (Å²) >= 11 is 0. The van der Waals surface area contributed by atoms with Gasteiger partial charge in [-0.3, -0.25) is 9.08 Å². The number of anilines is 1. The maximum atomic E-state index is 14.1.